The maximum absolute atomic E-state index is 12.8. The van der Waals surface area contributed by atoms with E-state index in [-0.39, 0.29) is 23.8 Å². The first-order chi connectivity index (χ1) is 9.82. The van der Waals surface area contributed by atoms with Crippen molar-refractivity contribution in [3.63, 3.8) is 0 Å². The maximum atomic E-state index is 12.8. The lowest BCUT2D eigenvalue weighted by Crippen LogP contribution is -2.59. The number of hydrogen-bond donors (Lipinski definition) is 2. The molecule has 2 aliphatic heterocycles. The van der Waals surface area contributed by atoms with Crippen molar-refractivity contribution < 1.29 is 9.59 Å². The van der Waals surface area contributed by atoms with Crippen LogP contribution in [0.3, 0.4) is 0 Å². The molecule has 120 valence electrons. The zero-order valence-corrected chi connectivity index (χ0v) is 13.2. The fourth-order valence-corrected chi connectivity index (χ4v) is 3.35. The van der Waals surface area contributed by atoms with Crippen LogP contribution >= 0.6 is 0 Å². The van der Waals surface area contributed by atoms with Gasteiger partial charge in [0.05, 0.1) is 5.54 Å². The largest absolute Gasteiger partial charge is 0.369 e. The molecule has 0 aromatic carbocycles. The van der Waals surface area contributed by atoms with Crippen molar-refractivity contribution in [3.05, 3.63) is 0 Å². The van der Waals surface area contributed by atoms with E-state index in [1.54, 1.807) is 0 Å². The Morgan fingerprint density at radius 1 is 1.00 bits per heavy atom. The summed E-state index contributed by atoms with van der Waals surface area (Å²) in [5.74, 6) is -0.0872. The van der Waals surface area contributed by atoms with Gasteiger partial charge in [0.25, 0.3) is 0 Å². The van der Waals surface area contributed by atoms with Gasteiger partial charge in [-0.3, -0.25) is 14.5 Å². The summed E-state index contributed by atoms with van der Waals surface area (Å²) in [4.78, 5) is 28.2. The van der Waals surface area contributed by atoms with Gasteiger partial charge in [-0.2, -0.15) is 0 Å². The normalized spacial score (nSPS) is 23.3. The Balaban J connectivity index is 1.95. The third kappa shape index (κ3) is 3.55. The molecule has 2 saturated heterocycles. The predicted octanol–water partition coefficient (Wildman–Crippen LogP) is -0.0880. The lowest BCUT2D eigenvalue weighted by atomic mass is 9.90. The number of nitrogens with two attached hydrogens (primary N) is 2. The van der Waals surface area contributed by atoms with Gasteiger partial charge in [0.15, 0.2) is 0 Å². The number of piperidine rings is 2. The van der Waals surface area contributed by atoms with Gasteiger partial charge in [-0.25, -0.2) is 0 Å². The second kappa shape index (κ2) is 6.32. The number of carbonyl (C=O) groups excluding carboxylic acids is 2. The molecule has 0 bridgehead atoms. The summed E-state index contributed by atoms with van der Waals surface area (Å²) in [5, 5.41) is 0. The average molecular weight is 296 g/mol. The number of primary amides is 1. The Labute approximate surface area is 126 Å². The van der Waals surface area contributed by atoms with E-state index in [2.05, 4.69) is 4.90 Å². The number of amides is 2. The molecule has 0 aliphatic carbocycles. The van der Waals surface area contributed by atoms with Crippen LogP contribution in [0.25, 0.3) is 0 Å². The molecule has 6 nitrogen and oxygen atoms in total. The van der Waals surface area contributed by atoms with Crippen LogP contribution in [0, 0.1) is 5.92 Å². The highest BCUT2D eigenvalue weighted by Gasteiger charge is 2.40. The molecule has 0 aromatic rings. The molecular weight excluding hydrogens is 268 g/mol. The van der Waals surface area contributed by atoms with Crippen molar-refractivity contribution in [2.75, 3.05) is 26.2 Å². The summed E-state index contributed by atoms with van der Waals surface area (Å²) < 4.78 is 0. The second-order valence-corrected chi connectivity index (χ2v) is 6.85. The lowest BCUT2D eigenvalue weighted by molar-refractivity contribution is -0.145. The molecule has 2 aliphatic rings. The van der Waals surface area contributed by atoms with Crippen LogP contribution in [0.2, 0.25) is 0 Å². The van der Waals surface area contributed by atoms with Gasteiger partial charge in [-0.1, -0.05) is 0 Å². The zero-order valence-electron chi connectivity index (χ0n) is 13.2. The topological polar surface area (TPSA) is 92.7 Å². The van der Waals surface area contributed by atoms with E-state index in [1.807, 2.05) is 18.7 Å². The Hall–Kier alpha value is -1.14. The molecule has 0 atom stereocenters. The Bertz CT molecular complexity index is 394. The van der Waals surface area contributed by atoms with Gasteiger partial charge >= 0.3 is 0 Å². The number of likely N-dealkylation sites (tertiary alicyclic amines) is 2. The van der Waals surface area contributed by atoms with Crippen molar-refractivity contribution in [2.45, 2.75) is 51.1 Å². The fourth-order valence-electron chi connectivity index (χ4n) is 3.35. The highest BCUT2D eigenvalue weighted by molar-refractivity contribution is 5.85. The first-order valence-corrected chi connectivity index (χ1v) is 7.91. The summed E-state index contributed by atoms with van der Waals surface area (Å²) in [6, 6.07) is 0.225. The van der Waals surface area contributed by atoms with Crippen LogP contribution in [-0.4, -0.2) is 59.4 Å². The van der Waals surface area contributed by atoms with Gasteiger partial charge in [0.2, 0.25) is 11.8 Å². The summed E-state index contributed by atoms with van der Waals surface area (Å²) in [6.45, 7) is 6.96. The van der Waals surface area contributed by atoms with Crippen LogP contribution in [0.4, 0.5) is 0 Å². The number of carbonyl (C=O) groups is 2. The summed E-state index contributed by atoms with van der Waals surface area (Å²) >= 11 is 0. The van der Waals surface area contributed by atoms with Crippen LogP contribution < -0.4 is 11.5 Å². The third-order valence-electron chi connectivity index (χ3n) is 5.04. The molecule has 0 radical (unpaired) electrons. The molecule has 21 heavy (non-hydrogen) atoms. The third-order valence-corrected chi connectivity index (χ3v) is 5.04. The Morgan fingerprint density at radius 2 is 1.52 bits per heavy atom. The molecule has 0 aromatic heterocycles. The quantitative estimate of drug-likeness (QED) is 0.761. The minimum Gasteiger partial charge on any atom is -0.369 e. The fraction of sp³-hybridized carbons (Fsp3) is 0.867. The predicted molar refractivity (Wildman–Crippen MR) is 81.4 cm³/mol. The molecule has 2 heterocycles. The summed E-state index contributed by atoms with van der Waals surface area (Å²) in [7, 11) is 0. The lowest BCUT2D eigenvalue weighted by Gasteiger charge is -2.44. The van der Waals surface area contributed by atoms with Crippen LogP contribution in [-0.2, 0) is 9.59 Å². The van der Waals surface area contributed by atoms with Crippen LogP contribution in [0.5, 0.6) is 0 Å². The Morgan fingerprint density at radius 3 is 2.00 bits per heavy atom. The summed E-state index contributed by atoms with van der Waals surface area (Å²) in [5.41, 5.74) is 10.7. The van der Waals surface area contributed by atoms with E-state index in [0.29, 0.717) is 0 Å². The minimum absolute atomic E-state index is 0.0415. The molecule has 0 spiro atoms. The maximum Gasteiger partial charge on any atom is 0.242 e. The van der Waals surface area contributed by atoms with Gasteiger partial charge in [-0.15, -0.1) is 0 Å². The Kier molecular flexibility index (Phi) is 4.88. The molecular formula is C15H28N4O2. The van der Waals surface area contributed by atoms with Gasteiger partial charge in [0.1, 0.15) is 0 Å². The molecule has 6 heteroatoms. The van der Waals surface area contributed by atoms with Crippen molar-refractivity contribution in [1.82, 2.24) is 9.80 Å². The molecule has 0 unspecified atom stereocenters. The van der Waals surface area contributed by atoms with E-state index in [1.165, 1.54) is 0 Å². The molecule has 0 saturated carbocycles. The SMILES string of the molecule is CC(C)(C(=O)N1CCC(N)CC1)N1CCC(C(N)=O)CC1. The monoisotopic (exact) mass is 296 g/mol. The van der Waals surface area contributed by atoms with Gasteiger partial charge < -0.3 is 16.4 Å². The molecule has 4 N–H and O–H groups in total. The van der Waals surface area contributed by atoms with Crippen LogP contribution in [0.15, 0.2) is 0 Å². The molecule has 2 amide bonds. The summed E-state index contributed by atoms with van der Waals surface area (Å²) in [6.07, 6.45) is 3.25. The standard InChI is InChI=1S/C15H28N4O2/c1-15(2,14(21)18-7-5-12(16)6-8-18)19-9-3-11(4-10-19)13(17)20/h11-12H,3-10,16H2,1-2H3,(H2,17,20). The van der Waals surface area contributed by atoms with Crippen molar-refractivity contribution >= 4 is 11.8 Å². The highest BCUT2D eigenvalue weighted by Crippen LogP contribution is 2.26. The van der Waals surface area contributed by atoms with Gasteiger partial charge in [-0.05, 0) is 52.6 Å². The molecule has 2 fully saturated rings. The highest BCUT2D eigenvalue weighted by atomic mass is 16.2. The second-order valence-electron chi connectivity index (χ2n) is 6.85. The first kappa shape index (κ1) is 16.2. The zero-order chi connectivity index (χ0) is 15.6. The number of nitrogens with zero attached hydrogens (tertiary/aromatic N) is 2. The number of hydrogen-bond acceptors (Lipinski definition) is 4. The van der Waals surface area contributed by atoms with E-state index >= 15 is 0 Å². The van der Waals surface area contributed by atoms with Crippen molar-refractivity contribution in [3.8, 4) is 0 Å². The van der Waals surface area contributed by atoms with Gasteiger partial charge in [0, 0.05) is 25.0 Å². The first-order valence-electron chi connectivity index (χ1n) is 7.91. The smallest absolute Gasteiger partial charge is 0.242 e. The van der Waals surface area contributed by atoms with Crippen LogP contribution in [0.1, 0.15) is 39.5 Å². The van der Waals surface area contributed by atoms with E-state index < -0.39 is 5.54 Å². The van der Waals surface area contributed by atoms with E-state index in [4.69, 9.17) is 11.5 Å². The average Bonchev–Trinajstić information content (AvgIpc) is 2.47. The van der Waals surface area contributed by atoms with E-state index in [9.17, 15) is 9.59 Å². The minimum atomic E-state index is -0.524. The van der Waals surface area contributed by atoms with Crippen molar-refractivity contribution in [2.24, 2.45) is 17.4 Å². The number of rotatable bonds is 3. The van der Waals surface area contributed by atoms with Crippen molar-refractivity contribution in [1.29, 1.82) is 0 Å². The van der Waals surface area contributed by atoms with E-state index in [0.717, 1.165) is 51.9 Å². The molecule has 2 rings (SSSR count).